The molecule has 6 heteroatoms. The first kappa shape index (κ1) is 22.0. The van der Waals surface area contributed by atoms with E-state index in [1.54, 1.807) is 0 Å². The molecule has 1 saturated carbocycles. The molecule has 1 fully saturated rings. The van der Waals surface area contributed by atoms with E-state index in [2.05, 4.69) is 27.7 Å². The zero-order valence-corrected chi connectivity index (χ0v) is 19.1. The lowest BCUT2D eigenvalue weighted by Gasteiger charge is -2.36. The Morgan fingerprint density at radius 3 is 2.56 bits per heavy atom. The molecule has 2 atom stereocenters. The van der Waals surface area contributed by atoms with E-state index in [-0.39, 0.29) is 24.0 Å². The van der Waals surface area contributed by atoms with Crippen LogP contribution in [0.1, 0.15) is 63.1 Å². The third-order valence-corrected chi connectivity index (χ3v) is 6.36. The van der Waals surface area contributed by atoms with Gasteiger partial charge in [-0.05, 0) is 68.9 Å². The number of ether oxygens (including phenoxy) is 1. The smallest absolute Gasteiger partial charge is 0.319 e. The quantitative estimate of drug-likeness (QED) is 0.598. The van der Waals surface area contributed by atoms with Crippen LogP contribution >= 0.6 is 0 Å². The van der Waals surface area contributed by atoms with Crippen molar-refractivity contribution in [3.8, 4) is 11.8 Å². The molecule has 2 aliphatic rings. The number of amides is 2. The number of urea groups is 1. The van der Waals surface area contributed by atoms with Gasteiger partial charge >= 0.3 is 6.03 Å². The second kappa shape index (κ2) is 9.52. The molecular weight excluding hydrogens is 400 g/mol. The predicted molar refractivity (Wildman–Crippen MR) is 127 cm³/mol. The number of nitrogens with zero attached hydrogens (tertiary/aromatic N) is 2. The van der Waals surface area contributed by atoms with Crippen molar-refractivity contribution in [2.75, 3.05) is 23.4 Å². The standard InChI is InChI=1S/C26H32N4O2/c1-4-32-21-12-13-22-23(15-27)25(30(24(22)14-21)16-18-6-5-7-18)19-8-10-20(11-9-19)29-26(31)28-17(2)3/h8-14,17-18,23,25H,4-7,16H2,1-3H3,(H2,28,29,31). The first-order chi connectivity index (χ1) is 15.5. The van der Waals surface area contributed by atoms with Gasteiger partial charge in [0.05, 0.1) is 24.6 Å². The maximum atomic E-state index is 12.0. The minimum atomic E-state index is -0.246. The summed E-state index contributed by atoms with van der Waals surface area (Å²) in [6.07, 6.45) is 3.78. The molecule has 1 heterocycles. The van der Waals surface area contributed by atoms with Crippen molar-refractivity contribution in [3.05, 3.63) is 53.6 Å². The van der Waals surface area contributed by atoms with Crippen LogP contribution in [0.5, 0.6) is 5.75 Å². The van der Waals surface area contributed by atoms with Gasteiger partial charge < -0.3 is 20.3 Å². The molecule has 0 aromatic heterocycles. The largest absolute Gasteiger partial charge is 0.494 e. The van der Waals surface area contributed by atoms with E-state index >= 15 is 0 Å². The summed E-state index contributed by atoms with van der Waals surface area (Å²) in [6, 6.07) is 16.4. The third-order valence-electron chi connectivity index (χ3n) is 6.36. The maximum absolute atomic E-state index is 12.0. The molecule has 0 bridgehead atoms. The first-order valence-electron chi connectivity index (χ1n) is 11.6. The number of hydrogen-bond donors (Lipinski definition) is 2. The van der Waals surface area contributed by atoms with Crippen LogP contribution in [0.25, 0.3) is 0 Å². The van der Waals surface area contributed by atoms with Crippen molar-refractivity contribution in [3.63, 3.8) is 0 Å². The number of benzene rings is 2. The number of carbonyl (C=O) groups is 1. The monoisotopic (exact) mass is 432 g/mol. The molecule has 4 rings (SSSR count). The fourth-order valence-corrected chi connectivity index (χ4v) is 4.66. The Bertz CT molecular complexity index is 992. The number of hydrogen-bond acceptors (Lipinski definition) is 4. The Kier molecular flexibility index (Phi) is 6.55. The summed E-state index contributed by atoms with van der Waals surface area (Å²) < 4.78 is 5.76. The fraction of sp³-hybridized carbons (Fsp3) is 0.462. The fourth-order valence-electron chi connectivity index (χ4n) is 4.66. The van der Waals surface area contributed by atoms with Crippen LogP contribution in [0.2, 0.25) is 0 Å². The van der Waals surface area contributed by atoms with E-state index < -0.39 is 0 Å². The predicted octanol–water partition coefficient (Wildman–Crippen LogP) is 5.58. The van der Waals surface area contributed by atoms with Gasteiger partial charge in [-0.25, -0.2) is 4.79 Å². The lowest BCUT2D eigenvalue weighted by molar-refractivity contribution is 0.250. The normalized spacial score (nSPS) is 19.8. The molecule has 2 aromatic rings. The Morgan fingerprint density at radius 1 is 1.22 bits per heavy atom. The van der Waals surface area contributed by atoms with Gasteiger partial charge in [0.15, 0.2) is 0 Å². The molecule has 2 amide bonds. The molecule has 1 aliphatic carbocycles. The van der Waals surface area contributed by atoms with Gasteiger partial charge in [0.25, 0.3) is 0 Å². The Morgan fingerprint density at radius 2 is 1.97 bits per heavy atom. The molecule has 2 aromatic carbocycles. The summed E-state index contributed by atoms with van der Waals surface area (Å²) in [5, 5.41) is 15.8. The highest BCUT2D eigenvalue weighted by Crippen LogP contribution is 2.51. The van der Waals surface area contributed by atoms with Crippen LogP contribution < -0.4 is 20.3 Å². The van der Waals surface area contributed by atoms with Gasteiger partial charge in [-0.3, -0.25) is 0 Å². The summed E-state index contributed by atoms with van der Waals surface area (Å²) in [5.74, 6) is 1.26. The minimum Gasteiger partial charge on any atom is -0.494 e. The van der Waals surface area contributed by atoms with Crippen LogP contribution in [0.15, 0.2) is 42.5 Å². The van der Waals surface area contributed by atoms with Crippen molar-refractivity contribution in [2.45, 2.75) is 58.0 Å². The lowest BCUT2D eigenvalue weighted by Crippen LogP contribution is -2.34. The minimum absolute atomic E-state index is 0.0500. The second-order valence-electron chi connectivity index (χ2n) is 9.03. The highest BCUT2D eigenvalue weighted by molar-refractivity contribution is 5.89. The molecular formula is C26H32N4O2. The van der Waals surface area contributed by atoms with Crippen LogP contribution in [-0.2, 0) is 0 Å². The van der Waals surface area contributed by atoms with Crippen molar-refractivity contribution in [2.24, 2.45) is 5.92 Å². The SMILES string of the molecule is CCOc1ccc2c(c1)N(CC1CCC1)C(c1ccc(NC(=O)NC(C)C)cc1)C2C#N. The van der Waals surface area contributed by atoms with E-state index in [0.29, 0.717) is 12.5 Å². The molecule has 168 valence electrons. The summed E-state index contributed by atoms with van der Waals surface area (Å²) in [7, 11) is 0. The Hall–Kier alpha value is -3.20. The molecule has 6 nitrogen and oxygen atoms in total. The Balaban J connectivity index is 1.63. The van der Waals surface area contributed by atoms with Crippen molar-refractivity contribution < 1.29 is 9.53 Å². The van der Waals surface area contributed by atoms with Crippen LogP contribution in [-0.4, -0.2) is 25.2 Å². The van der Waals surface area contributed by atoms with Gasteiger partial charge in [0.1, 0.15) is 5.75 Å². The topological polar surface area (TPSA) is 77.4 Å². The number of carbonyl (C=O) groups excluding carboxylic acids is 1. The molecule has 0 spiro atoms. The maximum Gasteiger partial charge on any atom is 0.319 e. The van der Waals surface area contributed by atoms with E-state index in [4.69, 9.17) is 4.74 Å². The van der Waals surface area contributed by atoms with Gasteiger partial charge in [0.2, 0.25) is 0 Å². The van der Waals surface area contributed by atoms with Crippen molar-refractivity contribution >= 4 is 17.4 Å². The molecule has 2 unspecified atom stereocenters. The highest BCUT2D eigenvalue weighted by Gasteiger charge is 2.41. The van der Waals surface area contributed by atoms with Gasteiger partial charge in [-0.15, -0.1) is 0 Å². The van der Waals surface area contributed by atoms with E-state index in [1.807, 2.05) is 57.2 Å². The Labute approximate surface area is 190 Å². The average Bonchev–Trinajstić information content (AvgIpc) is 3.03. The average molecular weight is 433 g/mol. The summed E-state index contributed by atoms with van der Waals surface area (Å²) in [6.45, 7) is 7.40. The first-order valence-corrected chi connectivity index (χ1v) is 11.6. The van der Waals surface area contributed by atoms with Crippen LogP contribution in [0, 0.1) is 17.2 Å². The molecule has 2 N–H and O–H groups in total. The number of nitriles is 1. The highest BCUT2D eigenvalue weighted by atomic mass is 16.5. The number of anilines is 2. The van der Waals surface area contributed by atoms with Crippen molar-refractivity contribution in [1.29, 1.82) is 5.26 Å². The van der Waals surface area contributed by atoms with Gasteiger partial charge in [0, 0.05) is 30.0 Å². The molecule has 32 heavy (non-hydrogen) atoms. The van der Waals surface area contributed by atoms with Gasteiger partial charge in [-0.1, -0.05) is 24.6 Å². The number of fused-ring (bicyclic) bond motifs is 1. The van der Waals surface area contributed by atoms with Crippen molar-refractivity contribution in [1.82, 2.24) is 5.32 Å². The summed E-state index contributed by atoms with van der Waals surface area (Å²) >= 11 is 0. The van der Waals surface area contributed by atoms with Crippen LogP contribution in [0.4, 0.5) is 16.2 Å². The molecule has 0 radical (unpaired) electrons. The lowest BCUT2D eigenvalue weighted by atomic mass is 9.84. The zero-order chi connectivity index (χ0) is 22.7. The van der Waals surface area contributed by atoms with Crippen LogP contribution in [0.3, 0.4) is 0 Å². The summed E-state index contributed by atoms with van der Waals surface area (Å²) in [4.78, 5) is 14.4. The molecule has 1 aliphatic heterocycles. The van der Waals surface area contributed by atoms with E-state index in [0.717, 1.165) is 34.8 Å². The number of rotatable bonds is 7. The van der Waals surface area contributed by atoms with E-state index in [9.17, 15) is 10.1 Å². The summed E-state index contributed by atoms with van der Waals surface area (Å²) in [5.41, 5.74) is 4.00. The second-order valence-corrected chi connectivity index (χ2v) is 9.03. The third kappa shape index (κ3) is 4.52. The number of nitrogens with one attached hydrogen (secondary N) is 2. The van der Waals surface area contributed by atoms with E-state index in [1.165, 1.54) is 19.3 Å². The molecule has 0 saturated heterocycles. The van der Waals surface area contributed by atoms with Gasteiger partial charge in [-0.2, -0.15) is 5.26 Å². The zero-order valence-electron chi connectivity index (χ0n) is 19.1.